The van der Waals surface area contributed by atoms with Crippen molar-refractivity contribution in [3.63, 3.8) is 0 Å². The highest BCUT2D eigenvalue weighted by atomic mass is 32.1. The van der Waals surface area contributed by atoms with Crippen LogP contribution in [-0.4, -0.2) is 24.4 Å². The van der Waals surface area contributed by atoms with Crippen LogP contribution >= 0.6 is 11.3 Å². The molecule has 0 amide bonds. The summed E-state index contributed by atoms with van der Waals surface area (Å²) in [5.41, 5.74) is 4.05. The van der Waals surface area contributed by atoms with E-state index in [9.17, 15) is 14.3 Å². The number of halogens is 1. The standard InChI is InChI=1S/C28H25FN4O2S/c1-17-25(24-14-22(18(2)36-24)20-15-30-32(3)16-20)28(35)33(13-12-19-8-5-4-6-9-19)27(31-17)21-10-7-11-23(29)26(21)34/h4-11,14-16,34H,12-13H2,1-3H3. The Bertz CT molecular complexity index is 1620. The van der Waals surface area contributed by atoms with Crippen molar-refractivity contribution in [1.29, 1.82) is 0 Å². The lowest BCUT2D eigenvalue weighted by Crippen LogP contribution is -2.27. The minimum atomic E-state index is -0.756. The van der Waals surface area contributed by atoms with Gasteiger partial charge >= 0.3 is 0 Å². The molecule has 0 saturated carbocycles. The fourth-order valence-corrected chi connectivity index (χ4v) is 5.52. The first-order valence-electron chi connectivity index (χ1n) is 11.6. The summed E-state index contributed by atoms with van der Waals surface area (Å²) in [7, 11) is 1.87. The second-order valence-electron chi connectivity index (χ2n) is 8.71. The number of hydrogen-bond acceptors (Lipinski definition) is 5. The Balaban J connectivity index is 1.67. The fourth-order valence-electron chi connectivity index (χ4n) is 4.39. The van der Waals surface area contributed by atoms with Gasteiger partial charge in [-0.25, -0.2) is 9.37 Å². The van der Waals surface area contributed by atoms with Gasteiger partial charge in [-0.3, -0.25) is 14.0 Å². The summed E-state index contributed by atoms with van der Waals surface area (Å²) in [5.74, 6) is -1.03. The molecule has 5 aromatic rings. The Labute approximate surface area is 212 Å². The molecule has 0 saturated heterocycles. The molecule has 0 aliphatic heterocycles. The van der Waals surface area contributed by atoms with E-state index in [2.05, 4.69) is 5.10 Å². The van der Waals surface area contributed by atoms with Crippen molar-refractivity contribution < 1.29 is 9.50 Å². The number of benzene rings is 2. The van der Waals surface area contributed by atoms with E-state index in [-0.39, 0.29) is 16.9 Å². The van der Waals surface area contributed by atoms with Gasteiger partial charge < -0.3 is 5.11 Å². The van der Waals surface area contributed by atoms with E-state index >= 15 is 0 Å². The topological polar surface area (TPSA) is 72.9 Å². The normalized spacial score (nSPS) is 11.2. The first-order valence-corrected chi connectivity index (χ1v) is 12.4. The maximum atomic E-state index is 14.2. The second-order valence-corrected chi connectivity index (χ2v) is 9.96. The van der Waals surface area contributed by atoms with Gasteiger partial charge in [0.2, 0.25) is 0 Å². The number of phenols is 1. The number of hydrogen-bond donors (Lipinski definition) is 1. The SMILES string of the molecule is Cc1nc(-c2cccc(F)c2O)n(CCc2ccccc2)c(=O)c1-c1cc(-c2cnn(C)c2)c(C)s1. The summed E-state index contributed by atoms with van der Waals surface area (Å²) in [6, 6.07) is 16.1. The van der Waals surface area contributed by atoms with E-state index in [0.717, 1.165) is 26.4 Å². The fraction of sp³-hybridized carbons (Fsp3) is 0.179. The van der Waals surface area contributed by atoms with Crippen LogP contribution in [0.1, 0.15) is 16.1 Å². The van der Waals surface area contributed by atoms with E-state index in [1.807, 2.05) is 56.6 Å². The molecule has 6 nitrogen and oxygen atoms in total. The molecule has 182 valence electrons. The molecule has 5 rings (SSSR count). The Morgan fingerprint density at radius 3 is 2.56 bits per heavy atom. The molecule has 3 aromatic heterocycles. The number of rotatable bonds is 6. The van der Waals surface area contributed by atoms with Gasteiger partial charge in [-0.15, -0.1) is 11.3 Å². The van der Waals surface area contributed by atoms with Gasteiger partial charge in [-0.1, -0.05) is 36.4 Å². The quantitative estimate of drug-likeness (QED) is 0.323. The number of para-hydroxylation sites is 1. The predicted octanol–water partition coefficient (Wildman–Crippen LogP) is 5.74. The van der Waals surface area contributed by atoms with Crippen LogP contribution in [0.2, 0.25) is 0 Å². The third-order valence-electron chi connectivity index (χ3n) is 6.22. The summed E-state index contributed by atoms with van der Waals surface area (Å²) in [4.78, 5) is 20.6. The first kappa shape index (κ1) is 23.7. The van der Waals surface area contributed by atoms with Crippen LogP contribution in [-0.2, 0) is 20.0 Å². The summed E-state index contributed by atoms with van der Waals surface area (Å²) in [6.45, 7) is 4.12. The lowest BCUT2D eigenvalue weighted by Gasteiger charge is -2.16. The van der Waals surface area contributed by atoms with Crippen molar-refractivity contribution in [1.82, 2.24) is 19.3 Å². The number of nitrogens with zero attached hydrogens (tertiary/aromatic N) is 4. The van der Waals surface area contributed by atoms with Gasteiger partial charge in [0, 0.05) is 35.1 Å². The van der Waals surface area contributed by atoms with Crippen LogP contribution in [0.5, 0.6) is 5.75 Å². The third-order valence-corrected chi connectivity index (χ3v) is 7.29. The second kappa shape index (κ2) is 9.54. The Morgan fingerprint density at radius 1 is 1.06 bits per heavy atom. The zero-order chi connectivity index (χ0) is 25.4. The average molecular weight is 501 g/mol. The van der Waals surface area contributed by atoms with Crippen molar-refractivity contribution in [3.8, 4) is 38.7 Å². The molecule has 0 unspecified atom stereocenters. The number of aryl methyl sites for hydroxylation is 4. The minimum Gasteiger partial charge on any atom is -0.504 e. The molecule has 8 heteroatoms. The zero-order valence-electron chi connectivity index (χ0n) is 20.2. The highest BCUT2D eigenvalue weighted by molar-refractivity contribution is 7.16. The van der Waals surface area contributed by atoms with E-state index in [1.165, 1.54) is 23.5 Å². The number of thiophene rings is 1. The number of aromatic hydroxyl groups is 1. The lowest BCUT2D eigenvalue weighted by atomic mass is 10.1. The highest BCUT2D eigenvalue weighted by Crippen LogP contribution is 2.37. The minimum absolute atomic E-state index is 0.188. The Morgan fingerprint density at radius 2 is 1.83 bits per heavy atom. The van der Waals surface area contributed by atoms with Gasteiger partial charge in [-0.2, -0.15) is 5.10 Å². The molecule has 36 heavy (non-hydrogen) atoms. The molecule has 0 bridgehead atoms. The van der Waals surface area contributed by atoms with Crippen molar-refractivity contribution in [2.24, 2.45) is 7.05 Å². The van der Waals surface area contributed by atoms with Gasteiger partial charge in [0.15, 0.2) is 11.6 Å². The summed E-state index contributed by atoms with van der Waals surface area (Å²) < 4.78 is 17.5. The Hall–Kier alpha value is -4.04. The third kappa shape index (κ3) is 4.35. The van der Waals surface area contributed by atoms with Gasteiger partial charge in [0.05, 0.1) is 23.0 Å². The van der Waals surface area contributed by atoms with Crippen molar-refractivity contribution in [2.75, 3.05) is 0 Å². The molecule has 0 atom stereocenters. The first-order chi connectivity index (χ1) is 17.3. The van der Waals surface area contributed by atoms with E-state index in [4.69, 9.17) is 4.98 Å². The van der Waals surface area contributed by atoms with E-state index in [1.54, 1.807) is 28.4 Å². The van der Waals surface area contributed by atoms with Crippen molar-refractivity contribution in [3.05, 3.63) is 99.3 Å². The van der Waals surface area contributed by atoms with Crippen LogP contribution in [0.25, 0.3) is 33.0 Å². The molecule has 2 aromatic carbocycles. The predicted molar refractivity (Wildman–Crippen MR) is 141 cm³/mol. The number of phenolic OH excluding ortho intramolecular Hbond substituents is 1. The maximum Gasteiger partial charge on any atom is 0.262 e. The molecule has 0 aliphatic rings. The molecule has 0 fully saturated rings. The smallest absolute Gasteiger partial charge is 0.262 e. The highest BCUT2D eigenvalue weighted by Gasteiger charge is 2.22. The molecule has 0 radical (unpaired) electrons. The van der Waals surface area contributed by atoms with Crippen LogP contribution < -0.4 is 5.56 Å². The number of aromatic nitrogens is 4. The van der Waals surface area contributed by atoms with Gasteiger partial charge in [0.1, 0.15) is 5.82 Å². The lowest BCUT2D eigenvalue weighted by molar-refractivity contribution is 0.433. The molecule has 0 aliphatic carbocycles. The monoisotopic (exact) mass is 500 g/mol. The Kier molecular flexibility index (Phi) is 6.28. The van der Waals surface area contributed by atoms with Crippen LogP contribution in [0, 0.1) is 19.7 Å². The average Bonchev–Trinajstić information content (AvgIpc) is 3.46. The molecule has 3 heterocycles. The van der Waals surface area contributed by atoms with E-state index in [0.29, 0.717) is 24.2 Å². The van der Waals surface area contributed by atoms with Crippen LogP contribution in [0.15, 0.2) is 71.8 Å². The molecule has 1 N–H and O–H groups in total. The van der Waals surface area contributed by atoms with Crippen molar-refractivity contribution >= 4 is 11.3 Å². The van der Waals surface area contributed by atoms with Crippen LogP contribution in [0.3, 0.4) is 0 Å². The summed E-state index contributed by atoms with van der Waals surface area (Å²) in [5, 5.41) is 14.7. The summed E-state index contributed by atoms with van der Waals surface area (Å²) in [6.07, 6.45) is 4.33. The molecule has 0 spiro atoms. The molecular formula is C28H25FN4O2S. The molecular weight excluding hydrogens is 475 g/mol. The van der Waals surface area contributed by atoms with Crippen LogP contribution in [0.4, 0.5) is 4.39 Å². The largest absolute Gasteiger partial charge is 0.504 e. The van der Waals surface area contributed by atoms with E-state index < -0.39 is 11.6 Å². The van der Waals surface area contributed by atoms with Gasteiger partial charge in [0.25, 0.3) is 5.56 Å². The summed E-state index contributed by atoms with van der Waals surface area (Å²) >= 11 is 1.53. The van der Waals surface area contributed by atoms with Crippen molar-refractivity contribution in [2.45, 2.75) is 26.8 Å². The maximum absolute atomic E-state index is 14.2. The zero-order valence-corrected chi connectivity index (χ0v) is 21.0. The van der Waals surface area contributed by atoms with Gasteiger partial charge in [-0.05, 0) is 49.6 Å².